The van der Waals surface area contributed by atoms with Crippen LogP contribution in [0.3, 0.4) is 0 Å². The first-order valence-electron chi connectivity index (χ1n) is 6.47. The monoisotopic (exact) mass is 262 g/mol. The molecule has 1 aliphatic heterocycles. The Labute approximate surface area is 111 Å². The van der Waals surface area contributed by atoms with Gasteiger partial charge in [-0.05, 0) is 43.3 Å². The Kier molecular flexibility index (Phi) is 3.43. The average Bonchev–Trinajstić information content (AvgIpc) is 3.09. The highest BCUT2D eigenvalue weighted by Gasteiger charge is 2.16. The lowest BCUT2D eigenvalue weighted by Gasteiger charge is -2.06. The summed E-state index contributed by atoms with van der Waals surface area (Å²) in [5, 5.41) is 9.97. The first-order valence-corrected chi connectivity index (χ1v) is 7.35. The Balaban J connectivity index is 1.68. The summed E-state index contributed by atoms with van der Waals surface area (Å²) < 4.78 is 1.93. The van der Waals surface area contributed by atoms with Crippen LogP contribution in [0.2, 0.25) is 0 Å². The van der Waals surface area contributed by atoms with E-state index in [1.54, 1.807) is 11.3 Å². The van der Waals surface area contributed by atoms with Crippen LogP contribution in [0.1, 0.15) is 18.7 Å². The summed E-state index contributed by atoms with van der Waals surface area (Å²) in [7, 11) is 1.99. The Bertz CT molecular complexity index is 497. The zero-order chi connectivity index (χ0) is 12.4. The van der Waals surface area contributed by atoms with Gasteiger partial charge in [0.15, 0.2) is 5.82 Å². The van der Waals surface area contributed by atoms with E-state index in [1.807, 2.05) is 17.8 Å². The van der Waals surface area contributed by atoms with Crippen LogP contribution in [0.25, 0.3) is 10.7 Å². The predicted octanol–water partition coefficient (Wildman–Crippen LogP) is 2.09. The van der Waals surface area contributed by atoms with E-state index in [0.29, 0.717) is 0 Å². The topological polar surface area (TPSA) is 42.7 Å². The first-order chi connectivity index (χ1) is 8.83. The average molecular weight is 262 g/mol. The van der Waals surface area contributed by atoms with Crippen molar-refractivity contribution in [3.8, 4) is 10.7 Å². The molecule has 5 heteroatoms. The molecular formula is C13H18N4S. The summed E-state index contributed by atoms with van der Waals surface area (Å²) in [5.41, 5.74) is 0. The summed E-state index contributed by atoms with van der Waals surface area (Å²) in [6.45, 7) is 2.33. The molecule has 0 saturated carbocycles. The van der Waals surface area contributed by atoms with Gasteiger partial charge in [0.25, 0.3) is 0 Å². The summed E-state index contributed by atoms with van der Waals surface area (Å²) in [6.07, 6.45) is 3.54. The number of aryl methyl sites for hydroxylation is 2. The van der Waals surface area contributed by atoms with Gasteiger partial charge >= 0.3 is 0 Å². The quantitative estimate of drug-likeness (QED) is 0.917. The maximum absolute atomic E-state index is 4.66. The molecule has 0 bridgehead atoms. The van der Waals surface area contributed by atoms with E-state index in [1.165, 1.54) is 19.4 Å². The zero-order valence-electron chi connectivity index (χ0n) is 10.6. The molecule has 96 valence electrons. The second kappa shape index (κ2) is 5.20. The van der Waals surface area contributed by atoms with Gasteiger partial charge in [-0.1, -0.05) is 6.07 Å². The Morgan fingerprint density at radius 3 is 3.22 bits per heavy atom. The molecule has 1 fully saturated rings. The van der Waals surface area contributed by atoms with Crippen LogP contribution in [0.15, 0.2) is 17.5 Å². The lowest BCUT2D eigenvalue weighted by atomic mass is 10.0. The molecule has 0 aromatic carbocycles. The third-order valence-electron chi connectivity index (χ3n) is 3.53. The van der Waals surface area contributed by atoms with Crippen molar-refractivity contribution in [1.29, 1.82) is 0 Å². The number of rotatable bonds is 4. The fourth-order valence-electron chi connectivity index (χ4n) is 2.44. The van der Waals surface area contributed by atoms with Crippen molar-refractivity contribution in [3.63, 3.8) is 0 Å². The predicted molar refractivity (Wildman–Crippen MR) is 73.6 cm³/mol. The minimum Gasteiger partial charge on any atom is -0.316 e. The van der Waals surface area contributed by atoms with Crippen molar-refractivity contribution in [2.75, 3.05) is 13.1 Å². The highest BCUT2D eigenvalue weighted by Crippen LogP contribution is 2.22. The van der Waals surface area contributed by atoms with Gasteiger partial charge in [0.1, 0.15) is 5.82 Å². The van der Waals surface area contributed by atoms with Crippen molar-refractivity contribution in [1.82, 2.24) is 20.1 Å². The molecule has 0 amide bonds. The maximum Gasteiger partial charge on any atom is 0.191 e. The number of nitrogens with one attached hydrogen (secondary N) is 1. The molecule has 18 heavy (non-hydrogen) atoms. The molecule has 2 aromatic rings. The van der Waals surface area contributed by atoms with Gasteiger partial charge in [0, 0.05) is 13.5 Å². The minimum absolute atomic E-state index is 0.812. The first kappa shape index (κ1) is 11.9. The van der Waals surface area contributed by atoms with Crippen LogP contribution in [0.5, 0.6) is 0 Å². The standard InChI is InChI=1S/C13H18N4S/c1-17-12(5-4-10-6-7-14-9-10)15-13(16-17)11-3-2-8-18-11/h2-3,8,10,14H,4-7,9H2,1H3. The van der Waals surface area contributed by atoms with Gasteiger partial charge in [-0.15, -0.1) is 11.3 Å². The van der Waals surface area contributed by atoms with Crippen LogP contribution >= 0.6 is 11.3 Å². The van der Waals surface area contributed by atoms with E-state index in [-0.39, 0.29) is 0 Å². The minimum atomic E-state index is 0.812. The molecule has 1 saturated heterocycles. The van der Waals surface area contributed by atoms with Crippen molar-refractivity contribution >= 4 is 11.3 Å². The molecular weight excluding hydrogens is 244 g/mol. The van der Waals surface area contributed by atoms with Gasteiger partial charge in [-0.25, -0.2) is 4.98 Å². The van der Waals surface area contributed by atoms with Crippen molar-refractivity contribution < 1.29 is 0 Å². The Morgan fingerprint density at radius 2 is 2.50 bits per heavy atom. The van der Waals surface area contributed by atoms with E-state index in [0.717, 1.165) is 35.4 Å². The molecule has 1 N–H and O–H groups in total. The summed E-state index contributed by atoms with van der Waals surface area (Å²) in [5.74, 6) is 2.78. The van der Waals surface area contributed by atoms with Crippen LogP contribution < -0.4 is 5.32 Å². The highest BCUT2D eigenvalue weighted by atomic mass is 32.1. The lowest BCUT2D eigenvalue weighted by molar-refractivity contribution is 0.515. The van der Waals surface area contributed by atoms with Gasteiger partial charge in [-0.3, -0.25) is 4.68 Å². The van der Waals surface area contributed by atoms with Crippen molar-refractivity contribution in [2.24, 2.45) is 13.0 Å². The smallest absolute Gasteiger partial charge is 0.191 e. The fourth-order valence-corrected chi connectivity index (χ4v) is 3.09. The highest BCUT2D eigenvalue weighted by molar-refractivity contribution is 7.13. The third kappa shape index (κ3) is 2.47. The molecule has 1 unspecified atom stereocenters. The number of hydrogen-bond acceptors (Lipinski definition) is 4. The number of hydrogen-bond donors (Lipinski definition) is 1. The zero-order valence-corrected chi connectivity index (χ0v) is 11.4. The third-order valence-corrected chi connectivity index (χ3v) is 4.40. The normalized spacial score (nSPS) is 19.5. The van der Waals surface area contributed by atoms with Gasteiger partial charge in [-0.2, -0.15) is 5.10 Å². The summed E-state index contributed by atoms with van der Waals surface area (Å²) >= 11 is 1.69. The summed E-state index contributed by atoms with van der Waals surface area (Å²) in [6, 6.07) is 4.12. The molecule has 3 rings (SSSR count). The van der Waals surface area contributed by atoms with Crippen LogP contribution in [-0.4, -0.2) is 27.9 Å². The Hall–Kier alpha value is -1.20. The van der Waals surface area contributed by atoms with E-state index in [9.17, 15) is 0 Å². The summed E-state index contributed by atoms with van der Waals surface area (Å²) in [4.78, 5) is 5.81. The molecule has 0 aliphatic carbocycles. The second-order valence-corrected chi connectivity index (χ2v) is 5.80. The lowest BCUT2D eigenvalue weighted by Crippen LogP contribution is -2.10. The molecule has 4 nitrogen and oxygen atoms in total. The molecule has 0 radical (unpaired) electrons. The fraction of sp³-hybridized carbons (Fsp3) is 0.538. The number of thiophene rings is 1. The van der Waals surface area contributed by atoms with Crippen molar-refractivity contribution in [2.45, 2.75) is 19.3 Å². The second-order valence-electron chi connectivity index (χ2n) is 4.85. The Morgan fingerprint density at radius 1 is 1.56 bits per heavy atom. The van der Waals surface area contributed by atoms with Gasteiger partial charge < -0.3 is 5.32 Å². The maximum atomic E-state index is 4.66. The number of nitrogens with zero attached hydrogens (tertiary/aromatic N) is 3. The largest absolute Gasteiger partial charge is 0.316 e. The SMILES string of the molecule is Cn1nc(-c2cccs2)nc1CCC1CCNC1. The van der Waals surface area contributed by atoms with E-state index in [2.05, 4.69) is 26.8 Å². The van der Waals surface area contributed by atoms with Gasteiger partial charge in [0.2, 0.25) is 0 Å². The van der Waals surface area contributed by atoms with Crippen LogP contribution in [0.4, 0.5) is 0 Å². The van der Waals surface area contributed by atoms with E-state index in [4.69, 9.17) is 0 Å². The van der Waals surface area contributed by atoms with E-state index >= 15 is 0 Å². The van der Waals surface area contributed by atoms with Gasteiger partial charge in [0.05, 0.1) is 4.88 Å². The van der Waals surface area contributed by atoms with Crippen molar-refractivity contribution in [3.05, 3.63) is 23.3 Å². The molecule has 1 atom stereocenters. The number of aromatic nitrogens is 3. The molecule has 1 aliphatic rings. The molecule has 2 aromatic heterocycles. The molecule has 0 spiro atoms. The van der Waals surface area contributed by atoms with Crippen LogP contribution in [-0.2, 0) is 13.5 Å². The van der Waals surface area contributed by atoms with E-state index < -0.39 is 0 Å². The van der Waals surface area contributed by atoms with Crippen LogP contribution in [0, 0.1) is 5.92 Å². The molecule has 3 heterocycles.